The molecule has 0 bridgehead atoms. The lowest BCUT2D eigenvalue weighted by molar-refractivity contribution is -0.121. The molecule has 2 aromatic rings. The third-order valence-electron chi connectivity index (χ3n) is 8.41. The minimum atomic E-state index is -0.168. The zero-order valence-electron chi connectivity index (χ0n) is 22.6. The Bertz CT molecular complexity index is 1200. The quantitative estimate of drug-likeness (QED) is 0.161. The first-order valence-corrected chi connectivity index (χ1v) is 15.2. The van der Waals surface area contributed by atoms with Crippen LogP contribution in [0.4, 0.5) is 16.2 Å². The molecule has 3 fully saturated rings. The van der Waals surface area contributed by atoms with Crippen LogP contribution in [0, 0.1) is 6.92 Å². The van der Waals surface area contributed by atoms with Gasteiger partial charge >= 0.3 is 6.03 Å². The molecule has 0 aromatic heterocycles. The van der Waals surface area contributed by atoms with Crippen LogP contribution in [0.2, 0.25) is 0 Å². The van der Waals surface area contributed by atoms with Crippen molar-refractivity contribution in [1.29, 1.82) is 0 Å². The molecule has 3 aliphatic rings. The monoisotopic (exact) mass is 549 g/mol. The number of phenols is 1. The standard InChI is InChI=1S/C30H39N5O3S/c1-20-9-12-22(13-10-20)34-35-23-17-21(11-14-25(23)36)30(15-5-2-6-16-30)19-31-27(37)8-4-3-7-26-28-24(18-39-26)32-29(38)33-28/h9-14,17,24,26,28,36H,2-8,15-16,18-19H2,1H3,(H,31,37)(H2,32,33,38)/b35-34+. The van der Waals surface area contributed by atoms with Crippen LogP contribution in [0.25, 0.3) is 0 Å². The van der Waals surface area contributed by atoms with Crippen LogP contribution in [-0.2, 0) is 10.2 Å². The van der Waals surface area contributed by atoms with Gasteiger partial charge in [0.1, 0.15) is 11.4 Å². The lowest BCUT2D eigenvalue weighted by atomic mass is 9.69. The summed E-state index contributed by atoms with van der Waals surface area (Å²) in [5.74, 6) is 1.15. The minimum absolute atomic E-state index is 0.0543. The third-order valence-corrected chi connectivity index (χ3v) is 9.92. The number of rotatable bonds is 10. The van der Waals surface area contributed by atoms with E-state index in [1.165, 1.54) is 6.42 Å². The maximum atomic E-state index is 12.8. The number of carbonyl (C=O) groups is 2. The molecule has 0 spiro atoms. The number of aromatic hydroxyl groups is 1. The van der Waals surface area contributed by atoms with Crippen molar-refractivity contribution in [1.82, 2.24) is 16.0 Å². The third kappa shape index (κ3) is 6.75. The van der Waals surface area contributed by atoms with Crippen molar-refractivity contribution in [2.24, 2.45) is 10.2 Å². The van der Waals surface area contributed by atoms with Crippen molar-refractivity contribution >= 4 is 35.1 Å². The fourth-order valence-electron chi connectivity index (χ4n) is 6.08. The van der Waals surface area contributed by atoms with E-state index >= 15 is 0 Å². The molecule has 5 rings (SSSR count). The van der Waals surface area contributed by atoms with E-state index in [-0.39, 0.29) is 35.2 Å². The Balaban J connectivity index is 1.16. The fraction of sp³-hybridized carbons (Fsp3) is 0.533. The second-order valence-corrected chi connectivity index (χ2v) is 12.5. The molecule has 1 aliphatic carbocycles. The molecule has 208 valence electrons. The van der Waals surface area contributed by atoms with Crippen LogP contribution in [-0.4, -0.2) is 46.7 Å². The van der Waals surface area contributed by atoms with Gasteiger partial charge in [0.2, 0.25) is 5.91 Å². The first-order valence-electron chi connectivity index (χ1n) is 14.2. The number of benzene rings is 2. The highest BCUT2D eigenvalue weighted by Gasteiger charge is 2.42. The van der Waals surface area contributed by atoms with E-state index in [0.29, 0.717) is 23.9 Å². The molecule has 39 heavy (non-hydrogen) atoms. The largest absolute Gasteiger partial charge is 0.506 e. The van der Waals surface area contributed by atoms with Crippen LogP contribution in [0.5, 0.6) is 5.75 Å². The van der Waals surface area contributed by atoms with Crippen molar-refractivity contribution in [3.8, 4) is 5.75 Å². The molecule has 3 unspecified atom stereocenters. The zero-order chi connectivity index (χ0) is 27.2. The van der Waals surface area contributed by atoms with Crippen molar-refractivity contribution < 1.29 is 14.7 Å². The molecule has 1 saturated carbocycles. The number of nitrogens with one attached hydrogen (secondary N) is 3. The van der Waals surface area contributed by atoms with E-state index in [0.717, 1.165) is 67.5 Å². The highest BCUT2D eigenvalue weighted by Crippen LogP contribution is 2.42. The fourth-order valence-corrected chi connectivity index (χ4v) is 7.63. The smallest absolute Gasteiger partial charge is 0.315 e. The number of hydrogen-bond acceptors (Lipinski definition) is 6. The summed E-state index contributed by atoms with van der Waals surface area (Å²) in [6, 6.07) is 13.8. The maximum Gasteiger partial charge on any atom is 0.315 e. The average Bonchev–Trinajstić information content (AvgIpc) is 3.50. The van der Waals surface area contributed by atoms with E-state index in [9.17, 15) is 14.7 Å². The van der Waals surface area contributed by atoms with E-state index in [4.69, 9.17) is 0 Å². The number of azo groups is 1. The number of aryl methyl sites for hydroxylation is 1. The average molecular weight is 550 g/mol. The van der Waals surface area contributed by atoms with Crippen LogP contribution in [0.1, 0.15) is 68.9 Å². The van der Waals surface area contributed by atoms with E-state index in [2.05, 4.69) is 26.2 Å². The number of thioether (sulfide) groups is 1. The predicted octanol–water partition coefficient (Wildman–Crippen LogP) is 6.16. The van der Waals surface area contributed by atoms with Crippen molar-refractivity contribution in [3.63, 3.8) is 0 Å². The predicted molar refractivity (Wildman–Crippen MR) is 155 cm³/mol. The number of phenolic OH excluding ortho intramolecular Hbond substituents is 1. The lowest BCUT2D eigenvalue weighted by Gasteiger charge is -2.38. The normalized spacial score (nSPS) is 23.8. The summed E-state index contributed by atoms with van der Waals surface area (Å²) in [6.45, 7) is 2.61. The van der Waals surface area contributed by atoms with Gasteiger partial charge in [0.25, 0.3) is 0 Å². The highest BCUT2D eigenvalue weighted by atomic mass is 32.2. The zero-order valence-corrected chi connectivity index (χ0v) is 23.4. The molecule has 2 aliphatic heterocycles. The Kier molecular flexibility index (Phi) is 8.75. The molecular formula is C30H39N5O3S. The van der Waals surface area contributed by atoms with Gasteiger partial charge in [0, 0.05) is 29.4 Å². The highest BCUT2D eigenvalue weighted by molar-refractivity contribution is 8.00. The number of hydrogen-bond donors (Lipinski definition) is 4. The number of nitrogens with zero attached hydrogens (tertiary/aromatic N) is 2. The molecule has 0 radical (unpaired) electrons. The number of carbonyl (C=O) groups excluding carboxylic acids is 2. The molecule has 2 saturated heterocycles. The van der Waals surface area contributed by atoms with Crippen LogP contribution in [0.3, 0.4) is 0 Å². The molecule has 2 heterocycles. The second-order valence-electron chi connectivity index (χ2n) is 11.2. The summed E-state index contributed by atoms with van der Waals surface area (Å²) in [7, 11) is 0. The summed E-state index contributed by atoms with van der Waals surface area (Å²) < 4.78 is 0. The summed E-state index contributed by atoms with van der Waals surface area (Å²) in [4.78, 5) is 24.4. The number of amides is 3. The Morgan fingerprint density at radius 1 is 1.08 bits per heavy atom. The van der Waals surface area contributed by atoms with Gasteiger partial charge in [-0.05, 0) is 62.4 Å². The summed E-state index contributed by atoms with van der Waals surface area (Å²) in [5, 5.41) is 28.8. The molecule has 9 heteroatoms. The van der Waals surface area contributed by atoms with Gasteiger partial charge in [0.05, 0.1) is 17.8 Å². The SMILES string of the molecule is Cc1ccc(/N=N/c2cc(C3(CNC(=O)CCCCC4SCC5NC(=O)NC54)CCCCC3)ccc2O)cc1. The van der Waals surface area contributed by atoms with Crippen molar-refractivity contribution in [2.45, 2.75) is 87.5 Å². The van der Waals surface area contributed by atoms with Gasteiger partial charge in [-0.15, -0.1) is 5.11 Å². The van der Waals surface area contributed by atoms with Gasteiger partial charge in [-0.1, -0.05) is 49.4 Å². The van der Waals surface area contributed by atoms with Crippen LogP contribution < -0.4 is 16.0 Å². The van der Waals surface area contributed by atoms with E-state index in [1.807, 2.05) is 55.1 Å². The molecule has 2 aromatic carbocycles. The first-order chi connectivity index (χ1) is 18.9. The van der Waals surface area contributed by atoms with Gasteiger partial charge < -0.3 is 21.1 Å². The second kappa shape index (κ2) is 12.4. The van der Waals surface area contributed by atoms with Crippen LogP contribution in [0.15, 0.2) is 52.7 Å². The maximum absolute atomic E-state index is 12.8. The topological polar surface area (TPSA) is 115 Å². The number of unbranched alkanes of at least 4 members (excludes halogenated alkanes) is 1. The number of urea groups is 1. The molecule has 8 nitrogen and oxygen atoms in total. The Hall–Kier alpha value is -3.07. The van der Waals surface area contributed by atoms with Gasteiger partial charge in [-0.3, -0.25) is 4.79 Å². The van der Waals surface area contributed by atoms with Crippen LogP contribution >= 0.6 is 11.8 Å². The summed E-state index contributed by atoms with van der Waals surface area (Å²) >= 11 is 1.92. The number of fused-ring (bicyclic) bond motifs is 1. The molecule has 3 amide bonds. The van der Waals surface area contributed by atoms with Gasteiger partial charge in [0.15, 0.2) is 0 Å². The Morgan fingerprint density at radius 3 is 2.67 bits per heavy atom. The van der Waals surface area contributed by atoms with E-state index < -0.39 is 0 Å². The Labute approximate surface area is 234 Å². The van der Waals surface area contributed by atoms with Gasteiger partial charge in [-0.25, -0.2) is 4.79 Å². The van der Waals surface area contributed by atoms with Crippen molar-refractivity contribution in [3.05, 3.63) is 53.6 Å². The molecule has 3 atom stereocenters. The first kappa shape index (κ1) is 27.5. The lowest BCUT2D eigenvalue weighted by Crippen LogP contribution is -2.42. The minimum Gasteiger partial charge on any atom is -0.506 e. The van der Waals surface area contributed by atoms with Gasteiger partial charge in [-0.2, -0.15) is 16.9 Å². The summed E-state index contributed by atoms with van der Waals surface area (Å²) in [5.41, 5.74) is 3.27. The molecular weight excluding hydrogens is 510 g/mol. The molecule has 4 N–H and O–H groups in total. The van der Waals surface area contributed by atoms with E-state index in [1.54, 1.807) is 6.07 Å². The van der Waals surface area contributed by atoms with Crippen molar-refractivity contribution in [2.75, 3.05) is 12.3 Å². The Morgan fingerprint density at radius 2 is 1.87 bits per heavy atom. The summed E-state index contributed by atoms with van der Waals surface area (Å²) in [6.07, 6.45) is 8.76.